The summed E-state index contributed by atoms with van der Waals surface area (Å²) in [5.41, 5.74) is 5.62. The fourth-order valence-electron chi connectivity index (χ4n) is 0.734. The normalized spacial score (nSPS) is 31.1. The van der Waals surface area contributed by atoms with Crippen LogP contribution in [0.4, 0.5) is 4.39 Å². The van der Waals surface area contributed by atoms with Crippen LogP contribution in [0.25, 0.3) is 0 Å². The van der Waals surface area contributed by atoms with Gasteiger partial charge in [-0.2, -0.15) is 5.26 Å². The highest BCUT2D eigenvalue weighted by Gasteiger charge is 2.15. The molecule has 0 amide bonds. The third kappa shape index (κ3) is 1.23. The van der Waals surface area contributed by atoms with Crippen molar-refractivity contribution < 1.29 is 4.39 Å². The van der Waals surface area contributed by atoms with Crippen molar-refractivity contribution >= 4 is 0 Å². The smallest absolute Gasteiger partial charge is 0.138 e. The van der Waals surface area contributed by atoms with Crippen molar-refractivity contribution in [2.45, 2.75) is 12.2 Å². The first-order valence-electron chi connectivity index (χ1n) is 2.94. The van der Waals surface area contributed by atoms with Crippen molar-refractivity contribution in [1.82, 2.24) is 0 Å². The predicted molar refractivity (Wildman–Crippen MR) is 35.7 cm³/mol. The topological polar surface area (TPSA) is 49.8 Å². The Balaban J connectivity index is 2.78. The van der Waals surface area contributed by atoms with Gasteiger partial charge in [0.05, 0.1) is 17.7 Å². The summed E-state index contributed by atoms with van der Waals surface area (Å²) in [7, 11) is 0. The fourth-order valence-corrected chi connectivity index (χ4v) is 0.734. The lowest BCUT2D eigenvalue weighted by Crippen LogP contribution is -2.29. The van der Waals surface area contributed by atoms with Crippen molar-refractivity contribution in [3.05, 3.63) is 23.8 Å². The van der Waals surface area contributed by atoms with Crippen LogP contribution in [-0.4, -0.2) is 12.2 Å². The van der Waals surface area contributed by atoms with Crippen LogP contribution in [0.15, 0.2) is 23.8 Å². The van der Waals surface area contributed by atoms with E-state index in [2.05, 4.69) is 0 Å². The Labute approximate surface area is 58.4 Å². The van der Waals surface area contributed by atoms with Gasteiger partial charge in [0.2, 0.25) is 0 Å². The Morgan fingerprint density at radius 1 is 1.70 bits per heavy atom. The number of nitriles is 1. The van der Waals surface area contributed by atoms with Gasteiger partial charge in [-0.1, -0.05) is 6.08 Å². The number of hydrogen-bond donors (Lipinski definition) is 1. The summed E-state index contributed by atoms with van der Waals surface area (Å²) in [5, 5.41) is 8.32. The van der Waals surface area contributed by atoms with Gasteiger partial charge < -0.3 is 5.73 Å². The van der Waals surface area contributed by atoms with E-state index < -0.39 is 12.2 Å². The molecule has 2 nitrogen and oxygen atoms in total. The summed E-state index contributed by atoms with van der Waals surface area (Å²) in [6.07, 6.45) is 3.04. The Kier molecular flexibility index (Phi) is 1.83. The highest BCUT2D eigenvalue weighted by atomic mass is 19.1. The van der Waals surface area contributed by atoms with Gasteiger partial charge in [0.25, 0.3) is 0 Å². The van der Waals surface area contributed by atoms with Gasteiger partial charge in [0.1, 0.15) is 6.17 Å². The van der Waals surface area contributed by atoms with Gasteiger partial charge in [-0.3, -0.25) is 0 Å². The molecule has 3 heteroatoms. The lowest BCUT2D eigenvalue weighted by Gasteiger charge is -2.12. The van der Waals surface area contributed by atoms with Crippen LogP contribution in [0, 0.1) is 11.3 Å². The summed E-state index contributed by atoms with van der Waals surface area (Å²) < 4.78 is 12.6. The molecular weight excluding hydrogens is 131 g/mol. The summed E-state index contributed by atoms with van der Waals surface area (Å²) in [6, 6.07) is 1.25. The van der Waals surface area contributed by atoms with Crippen molar-refractivity contribution in [1.29, 1.82) is 5.26 Å². The molecule has 2 unspecified atom stereocenters. The zero-order valence-corrected chi connectivity index (χ0v) is 5.29. The maximum Gasteiger partial charge on any atom is 0.138 e. The molecule has 0 bridgehead atoms. The number of nitrogens with zero attached hydrogens (tertiary/aromatic N) is 1. The monoisotopic (exact) mass is 138 g/mol. The molecule has 1 rings (SSSR count). The Morgan fingerprint density at radius 3 is 2.90 bits per heavy atom. The minimum absolute atomic E-state index is 0.342. The van der Waals surface area contributed by atoms with Gasteiger partial charge in [0.15, 0.2) is 0 Å². The fraction of sp³-hybridized carbons (Fsp3) is 0.286. The van der Waals surface area contributed by atoms with Gasteiger partial charge in [-0.15, -0.1) is 0 Å². The lowest BCUT2D eigenvalue weighted by molar-refractivity contribution is 0.367. The number of allylic oxidation sites excluding steroid dienone is 2. The van der Waals surface area contributed by atoms with Crippen LogP contribution >= 0.6 is 0 Å². The Morgan fingerprint density at radius 2 is 2.40 bits per heavy atom. The second-order valence-corrected chi connectivity index (χ2v) is 2.11. The average Bonchev–Trinajstić information content (AvgIpc) is 1.95. The molecule has 1 aliphatic carbocycles. The molecule has 52 valence electrons. The summed E-state index contributed by atoms with van der Waals surface area (Å²) in [6.45, 7) is 0. The average molecular weight is 138 g/mol. The number of nitrogens with two attached hydrogens (primary N) is 1. The third-order valence-electron chi connectivity index (χ3n) is 1.33. The quantitative estimate of drug-likeness (QED) is 0.535. The zero-order valence-electron chi connectivity index (χ0n) is 5.29. The Bertz CT molecular complexity index is 224. The highest BCUT2D eigenvalue weighted by molar-refractivity contribution is 5.38. The van der Waals surface area contributed by atoms with Gasteiger partial charge in [-0.05, 0) is 12.2 Å². The molecule has 1 aliphatic rings. The summed E-state index contributed by atoms with van der Waals surface area (Å²) in [5.74, 6) is 0. The molecule has 2 atom stereocenters. The molecule has 0 saturated heterocycles. The van der Waals surface area contributed by atoms with E-state index in [0.717, 1.165) is 0 Å². The van der Waals surface area contributed by atoms with Crippen LogP contribution in [0.5, 0.6) is 0 Å². The van der Waals surface area contributed by atoms with Crippen molar-refractivity contribution in [3.63, 3.8) is 0 Å². The molecule has 0 heterocycles. The second-order valence-electron chi connectivity index (χ2n) is 2.11. The van der Waals surface area contributed by atoms with Crippen molar-refractivity contribution in [2.75, 3.05) is 0 Å². The maximum absolute atomic E-state index is 12.6. The van der Waals surface area contributed by atoms with Gasteiger partial charge in [0, 0.05) is 0 Å². The standard InChI is InChI=1S/C7H7FN2/c8-6-3-5(4-9)1-2-7(6)10/h1-3,6-7H,10H2. The first kappa shape index (κ1) is 6.97. The molecule has 0 aliphatic heterocycles. The van der Waals surface area contributed by atoms with Crippen LogP contribution in [0.2, 0.25) is 0 Å². The SMILES string of the molecule is N#CC1=CC(F)C(N)C=C1. The first-order chi connectivity index (χ1) is 4.74. The van der Waals surface area contributed by atoms with Crippen LogP contribution in [0.1, 0.15) is 0 Å². The number of alkyl halides is 1. The van der Waals surface area contributed by atoms with E-state index in [0.29, 0.717) is 5.57 Å². The summed E-state index contributed by atoms with van der Waals surface area (Å²) >= 11 is 0. The molecule has 0 radical (unpaired) electrons. The summed E-state index contributed by atoms with van der Waals surface area (Å²) in [4.78, 5) is 0. The van der Waals surface area contributed by atoms with E-state index in [4.69, 9.17) is 11.0 Å². The molecule has 0 spiro atoms. The predicted octanol–water partition coefficient (Wildman–Crippen LogP) is 0.672. The van der Waals surface area contributed by atoms with E-state index in [1.165, 1.54) is 18.2 Å². The Hall–Kier alpha value is -1.14. The minimum atomic E-state index is -1.21. The number of hydrogen-bond acceptors (Lipinski definition) is 2. The molecule has 10 heavy (non-hydrogen) atoms. The lowest BCUT2D eigenvalue weighted by atomic mass is 10.0. The van der Waals surface area contributed by atoms with Gasteiger partial charge in [-0.25, -0.2) is 4.39 Å². The molecular formula is C7H7FN2. The molecule has 0 aromatic rings. The van der Waals surface area contributed by atoms with Crippen molar-refractivity contribution in [2.24, 2.45) is 5.73 Å². The third-order valence-corrected chi connectivity index (χ3v) is 1.33. The molecule has 0 aromatic carbocycles. The molecule has 0 fully saturated rings. The molecule has 0 aromatic heterocycles. The van der Waals surface area contributed by atoms with E-state index in [9.17, 15) is 4.39 Å². The van der Waals surface area contributed by atoms with Crippen LogP contribution < -0.4 is 5.73 Å². The molecule has 2 N–H and O–H groups in total. The van der Waals surface area contributed by atoms with Gasteiger partial charge >= 0.3 is 0 Å². The minimum Gasteiger partial charge on any atom is -0.322 e. The van der Waals surface area contributed by atoms with E-state index in [-0.39, 0.29) is 0 Å². The van der Waals surface area contributed by atoms with Crippen LogP contribution in [-0.2, 0) is 0 Å². The van der Waals surface area contributed by atoms with E-state index >= 15 is 0 Å². The number of halogens is 1. The van der Waals surface area contributed by atoms with E-state index in [1.807, 2.05) is 6.07 Å². The number of rotatable bonds is 0. The highest BCUT2D eigenvalue weighted by Crippen LogP contribution is 2.11. The zero-order chi connectivity index (χ0) is 7.56. The largest absolute Gasteiger partial charge is 0.322 e. The van der Waals surface area contributed by atoms with E-state index in [1.54, 1.807) is 0 Å². The molecule has 0 saturated carbocycles. The van der Waals surface area contributed by atoms with Crippen LogP contribution in [0.3, 0.4) is 0 Å². The second kappa shape index (κ2) is 2.63. The maximum atomic E-state index is 12.6. The first-order valence-corrected chi connectivity index (χ1v) is 2.94. The van der Waals surface area contributed by atoms with Crippen molar-refractivity contribution in [3.8, 4) is 6.07 Å².